The third kappa shape index (κ3) is 4.16. The van der Waals surface area contributed by atoms with Gasteiger partial charge in [0.05, 0.1) is 13.2 Å². The number of aliphatic hydroxyl groups is 1. The van der Waals surface area contributed by atoms with Crippen molar-refractivity contribution in [1.29, 1.82) is 0 Å². The second-order valence-electron chi connectivity index (χ2n) is 5.43. The molecule has 18 heavy (non-hydrogen) atoms. The summed E-state index contributed by atoms with van der Waals surface area (Å²) < 4.78 is 4.61. The Morgan fingerprint density at radius 2 is 2.22 bits per heavy atom. The van der Waals surface area contributed by atoms with E-state index in [0.29, 0.717) is 18.8 Å². The summed E-state index contributed by atoms with van der Waals surface area (Å²) in [7, 11) is 1.35. The van der Waals surface area contributed by atoms with E-state index in [1.165, 1.54) is 7.11 Å². The number of H-pyrrole nitrogens is 1. The smallest absolute Gasteiger partial charge is 0.354 e. The fraction of sp³-hybridized carbons (Fsp3) is 0.615. The summed E-state index contributed by atoms with van der Waals surface area (Å²) in [5, 5.41) is 13.0. The van der Waals surface area contributed by atoms with Crippen LogP contribution in [0.25, 0.3) is 0 Å². The maximum atomic E-state index is 11.2. The zero-order chi connectivity index (χ0) is 13.8. The van der Waals surface area contributed by atoms with Gasteiger partial charge in [-0.25, -0.2) is 4.79 Å². The summed E-state index contributed by atoms with van der Waals surface area (Å²) in [5.74, 6) is -0.379. The van der Waals surface area contributed by atoms with E-state index in [1.54, 1.807) is 12.3 Å². The van der Waals surface area contributed by atoms with Gasteiger partial charge in [-0.2, -0.15) is 0 Å². The van der Waals surface area contributed by atoms with Crippen molar-refractivity contribution < 1.29 is 14.6 Å². The van der Waals surface area contributed by atoms with Crippen LogP contribution in [-0.2, 0) is 11.3 Å². The van der Waals surface area contributed by atoms with Crippen LogP contribution >= 0.6 is 0 Å². The molecule has 1 rings (SSSR count). The number of methoxy groups -OCH3 is 1. The van der Waals surface area contributed by atoms with Crippen molar-refractivity contribution in [2.75, 3.05) is 13.7 Å². The van der Waals surface area contributed by atoms with Crippen molar-refractivity contribution in [2.24, 2.45) is 5.41 Å². The second-order valence-corrected chi connectivity index (χ2v) is 5.43. The predicted octanol–water partition coefficient (Wildman–Crippen LogP) is 1.30. The molecule has 1 aromatic heterocycles. The first kappa shape index (κ1) is 14.7. The van der Waals surface area contributed by atoms with Crippen molar-refractivity contribution in [2.45, 2.75) is 33.4 Å². The first-order valence-electron chi connectivity index (χ1n) is 5.99. The lowest BCUT2D eigenvalue weighted by atomic mass is 9.89. The van der Waals surface area contributed by atoms with Crippen LogP contribution in [-0.4, -0.2) is 35.8 Å². The van der Waals surface area contributed by atoms with Gasteiger partial charge < -0.3 is 20.1 Å². The first-order valence-corrected chi connectivity index (χ1v) is 5.99. The highest BCUT2D eigenvalue weighted by molar-refractivity contribution is 5.87. The number of aromatic nitrogens is 1. The van der Waals surface area contributed by atoms with Crippen LogP contribution in [0.2, 0.25) is 0 Å². The third-order valence-electron chi connectivity index (χ3n) is 2.81. The van der Waals surface area contributed by atoms with Gasteiger partial charge in [0.2, 0.25) is 0 Å². The van der Waals surface area contributed by atoms with Gasteiger partial charge in [0.15, 0.2) is 0 Å². The number of nitrogens with one attached hydrogen (secondary N) is 2. The quantitative estimate of drug-likeness (QED) is 0.692. The number of esters is 1. The molecule has 0 aliphatic carbocycles. The predicted molar refractivity (Wildman–Crippen MR) is 69.3 cm³/mol. The van der Waals surface area contributed by atoms with Crippen LogP contribution in [0.3, 0.4) is 0 Å². The van der Waals surface area contributed by atoms with E-state index in [9.17, 15) is 9.90 Å². The molecule has 5 nitrogen and oxygen atoms in total. The Hall–Kier alpha value is -1.33. The fourth-order valence-electron chi connectivity index (χ4n) is 1.43. The molecule has 1 heterocycles. The van der Waals surface area contributed by atoms with Crippen LogP contribution in [0.5, 0.6) is 0 Å². The molecule has 0 saturated heterocycles. The molecule has 0 spiro atoms. The van der Waals surface area contributed by atoms with Gasteiger partial charge in [-0.15, -0.1) is 0 Å². The van der Waals surface area contributed by atoms with Crippen LogP contribution in [0, 0.1) is 5.41 Å². The number of carbonyl (C=O) groups is 1. The van der Waals surface area contributed by atoms with Crippen LogP contribution in [0.1, 0.15) is 36.8 Å². The van der Waals surface area contributed by atoms with Crippen molar-refractivity contribution in [3.8, 4) is 0 Å². The molecule has 5 heteroatoms. The Kier molecular flexibility index (Phi) is 4.93. The summed E-state index contributed by atoms with van der Waals surface area (Å²) in [5.41, 5.74) is 1.25. The Morgan fingerprint density at radius 3 is 2.78 bits per heavy atom. The zero-order valence-corrected chi connectivity index (χ0v) is 11.4. The summed E-state index contributed by atoms with van der Waals surface area (Å²) in [6.45, 7) is 7.09. The molecule has 0 amide bonds. The minimum absolute atomic E-state index is 0.137. The highest BCUT2D eigenvalue weighted by atomic mass is 16.5. The average Bonchev–Trinajstić information content (AvgIpc) is 2.75. The molecule has 0 radical (unpaired) electrons. The van der Waals surface area contributed by atoms with Gasteiger partial charge in [-0.05, 0) is 17.0 Å². The fourth-order valence-corrected chi connectivity index (χ4v) is 1.43. The maximum Gasteiger partial charge on any atom is 0.354 e. The Bertz CT molecular complexity index is 393. The summed E-state index contributed by atoms with van der Waals surface area (Å²) in [4.78, 5) is 14.1. The molecule has 1 unspecified atom stereocenters. The van der Waals surface area contributed by atoms with Gasteiger partial charge in [-0.1, -0.05) is 20.8 Å². The highest BCUT2D eigenvalue weighted by Crippen LogP contribution is 2.18. The largest absolute Gasteiger partial charge is 0.464 e. The highest BCUT2D eigenvalue weighted by Gasteiger charge is 2.21. The number of aliphatic hydroxyl groups excluding tert-OH is 1. The monoisotopic (exact) mass is 254 g/mol. The zero-order valence-electron chi connectivity index (χ0n) is 11.4. The molecule has 0 bridgehead atoms. The standard InChI is InChI=1S/C13H22N2O3/c1-13(2,3)11(16)8-14-6-9-5-10(15-7-9)12(17)18-4/h5,7,11,14-16H,6,8H2,1-4H3. The molecule has 1 atom stereocenters. The molecule has 0 saturated carbocycles. The maximum absolute atomic E-state index is 11.2. The van der Waals surface area contributed by atoms with E-state index in [-0.39, 0.29) is 11.4 Å². The van der Waals surface area contributed by atoms with Crippen LogP contribution in [0.4, 0.5) is 0 Å². The van der Waals surface area contributed by atoms with Gasteiger partial charge in [-0.3, -0.25) is 0 Å². The number of aromatic amines is 1. The van der Waals surface area contributed by atoms with Gasteiger partial charge in [0.25, 0.3) is 0 Å². The third-order valence-corrected chi connectivity index (χ3v) is 2.81. The van der Waals surface area contributed by atoms with Crippen molar-refractivity contribution in [1.82, 2.24) is 10.3 Å². The Morgan fingerprint density at radius 1 is 1.56 bits per heavy atom. The van der Waals surface area contributed by atoms with Gasteiger partial charge in [0.1, 0.15) is 5.69 Å². The summed E-state index contributed by atoms with van der Waals surface area (Å²) in [6.07, 6.45) is 1.35. The minimum Gasteiger partial charge on any atom is -0.464 e. The van der Waals surface area contributed by atoms with E-state index in [4.69, 9.17) is 0 Å². The van der Waals surface area contributed by atoms with E-state index in [2.05, 4.69) is 15.0 Å². The topological polar surface area (TPSA) is 74.3 Å². The van der Waals surface area contributed by atoms with Crippen molar-refractivity contribution in [3.05, 3.63) is 23.5 Å². The molecule has 0 aromatic carbocycles. The van der Waals surface area contributed by atoms with Gasteiger partial charge >= 0.3 is 5.97 Å². The van der Waals surface area contributed by atoms with Crippen LogP contribution < -0.4 is 5.32 Å². The first-order chi connectivity index (χ1) is 8.34. The molecule has 1 aromatic rings. The minimum atomic E-state index is -0.406. The molecule has 0 fully saturated rings. The molecule has 0 aliphatic heterocycles. The molecular formula is C13H22N2O3. The lowest BCUT2D eigenvalue weighted by Crippen LogP contribution is -2.36. The lowest BCUT2D eigenvalue weighted by molar-refractivity contribution is 0.0594. The summed E-state index contributed by atoms with van der Waals surface area (Å²) >= 11 is 0. The molecule has 0 aliphatic rings. The molecule has 102 valence electrons. The van der Waals surface area contributed by atoms with E-state index in [0.717, 1.165) is 5.56 Å². The average molecular weight is 254 g/mol. The second kappa shape index (κ2) is 6.02. The lowest BCUT2D eigenvalue weighted by Gasteiger charge is -2.25. The number of rotatable bonds is 5. The molecular weight excluding hydrogens is 232 g/mol. The van der Waals surface area contributed by atoms with E-state index >= 15 is 0 Å². The van der Waals surface area contributed by atoms with Crippen molar-refractivity contribution >= 4 is 5.97 Å². The normalized spacial score (nSPS) is 13.4. The Balaban J connectivity index is 2.41. The van der Waals surface area contributed by atoms with Crippen molar-refractivity contribution in [3.63, 3.8) is 0 Å². The number of hydrogen-bond donors (Lipinski definition) is 3. The van der Waals surface area contributed by atoms with Gasteiger partial charge in [0, 0.05) is 19.3 Å². The SMILES string of the molecule is COC(=O)c1cc(CNCC(O)C(C)(C)C)c[nH]1. The molecule has 3 N–H and O–H groups in total. The Labute approximate surface area is 108 Å². The van der Waals surface area contributed by atoms with E-state index < -0.39 is 6.10 Å². The van der Waals surface area contributed by atoms with Crippen LogP contribution in [0.15, 0.2) is 12.3 Å². The number of hydrogen-bond acceptors (Lipinski definition) is 4. The number of carbonyl (C=O) groups excluding carboxylic acids is 1. The summed E-state index contributed by atoms with van der Waals surface area (Å²) in [6, 6.07) is 1.74. The van der Waals surface area contributed by atoms with E-state index in [1.807, 2.05) is 20.8 Å². The number of ether oxygens (including phenoxy) is 1.